The Balaban J connectivity index is 0.869. The summed E-state index contributed by atoms with van der Waals surface area (Å²) >= 11 is 0. The number of aliphatic hydroxyl groups excluding tert-OH is 4. The van der Waals surface area contributed by atoms with Crippen LogP contribution in [0.4, 0.5) is 0 Å². The van der Waals surface area contributed by atoms with E-state index in [0.29, 0.717) is 80.0 Å². The molecule has 406 valence electrons. The van der Waals surface area contributed by atoms with Crippen molar-refractivity contribution in [2.24, 2.45) is 58.5 Å². The Bertz CT molecular complexity index is 3080. The van der Waals surface area contributed by atoms with E-state index in [9.17, 15) is 30.3 Å². The first-order valence-electron chi connectivity index (χ1n) is 28.8. The fourth-order valence-corrected chi connectivity index (χ4v) is 17.0. The summed E-state index contributed by atoms with van der Waals surface area (Å²) in [5, 5.41) is 72.1. The fraction of sp³-hybridized carbons (Fsp3) is 0.531. The molecule has 3 aromatic carbocycles. The van der Waals surface area contributed by atoms with E-state index in [1.165, 1.54) is 23.9 Å². The van der Waals surface area contributed by atoms with E-state index in [1.807, 2.05) is 18.2 Å². The van der Waals surface area contributed by atoms with Gasteiger partial charge in [0.15, 0.2) is 17.3 Å². The van der Waals surface area contributed by atoms with Gasteiger partial charge in [-0.15, -0.1) is 0 Å². The third-order valence-electron chi connectivity index (χ3n) is 20.4. The van der Waals surface area contributed by atoms with Gasteiger partial charge >= 0.3 is 0 Å². The maximum absolute atomic E-state index is 15.1. The van der Waals surface area contributed by atoms with Crippen molar-refractivity contribution in [1.82, 2.24) is 20.9 Å². The largest absolute Gasteiger partial charge is 0.504 e. The zero-order valence-electron chi connectivity index (χ0n) is 44.5. The van der Waals surface area contributed by atoms with Gasteiger partial charge in [-0.3, -0.25) is 9.59 Å². The van der Waals surface area contributed by atoms with Gasteiger partial charge in [0.1, 0.15) is 11.2 Å². The van der Waals surface area contributed by atoms with Gasteiger partial charge in [0.25, 0.3) is 0 Å². The van der Waals surface area contributed by atoms with E-state index in [1.54, 1.807) is 12.1 Å². The molecule has 1 spiro atoms. The summed E-state index contributed by atoms with van der Waals surface area (Å²) in [4.78, 5) is 32.7. The number of dihydropyridines is 1. The number of hydrogen-bond donors (Lipinski definition) is 10. The number of hydrogen-bond acceptors (Lipinski definition) is 12. The summed E-state index contributed by atoms with van der Waals surface area (Å²) in [5.74, 6) is 8.73. The highest BCUT2D eigenvalue weighted by Gasteiger charge is 2.65. The van der Waals surface area contributed by atoms with Gasteiger partial charge in [-0.1, -0.05) is 79.5 Å². The highest BCUT2D eigenvalue weighted by molar-refractivity contribution is 5.90. The lowest BCUT2D eigenvalue weighted by molar-refractivity contribution is -0.142. The molecule has 0 bridgehead atoms. The van der Waals surface area contributed by atoms with Crippen molar-refractivity contribution in [2.45, 2.75) is 119 Å². The van der Waals surface area contributed by atoms with Gasteiger partial charge in [-0.25, -0.2) is 0 Å². The highest BCUT2D eigenvalue weighted by Crippen LogP contribution is 2.67. The number of aromatic hydroxyl groups is 1. The number of aryl methyl sites for hydroxylation is 1. The standard InChI is InChI=1S/C64H77N5O8/c1-3-66-32-47-57(42(9-6-22-70)46-33-68-48-30-49(71)43-14-12-41-31-69-63-58(41)59(43)62(48)60(46)61(47)63)40-17-20-64(55(76)26-40)19-16-38(45-29-52(74)53(77-2)25-37(45)13-15-54(64)75)24-50(72)51(73)28-44(39-18-21-67-56(65)27-39)36-11-10-34-7-4-5-8-35(34)23-36/h4-5,7-8,10-12,14,18,23,25,27,29,31,38,40,42-44,46-48,50-51,55,57,59-62,66-70,72-74,76H,3,6,9,13,15,17,20-22,24,26,28,30,32-33,65H2,1-2H3/t38-,40-,42+,43+,44+,46-,47+,48-,50+,51-,55-,57-,59+,60+,61+,62-,64+/m1/s1. The molecule has 0 amide bonds. The van der Waals surface area contributed by atoms with Gasteiger partial charge < -0.3 is 56.9 Å². The summed E-state index contributed by atoms with van der Waals surface area (Å²) in [6.45, 7) is 5.22. The lowest BCUT2D eigenvalue weighted by Gasteiger charge is -2.65. The number of fused-ring (bicyclic) bond motifs is 3. The molecule has 2 aliphatic heterocycles. The van der Waals surface area contributed by atoms with Crippen LogP contribution in [0.3, 0.4) is 0 Å². The Labute approximate surface area is 452 Å². The number of piperidine rings is 1. The molecular weight excluding hydrogens is 967 g/mol. The molecule has 12 rings (SSSR count). The Morgan fingerprint density at radius 2 is 1.84 bits per heavy atom. The van der Waals surface area contributed by atoms with Crippen molar-refractivity contribution < 1.29 is 39.9 Å². The van der Waals surface area contributed by atoms with E-state index in [4.69, 9.17) is 10.5 Å². The Morgan fingerprint density at radius 3 is 2.64 bits per heavy atom. The minimum Gasteiger partial charge on any atom is -0.504 e. The first-order valence-corrected chi connectivity index (χ1v) is 28.8. The highest BCUT2D eigenvalue weighted by atomic mass is 16.5. The quantitative estimate of drug-likeness (QED) is 0.0555. The van der Waals surface area contributed by atoms with E-state index in [2.05, 4.69) is 94.5 Å². The topological polar surface area (TPSA) is 222 Å². The number of ether oxygens (including phenoxy) is 1. The molecule has 8 aliphatic rings. The average Bonchev–Trinajstić information content (AvgIpc) is 4.02. The van der Waals surface area contributed by atoms with Crippen LogP contribution < -0.4 is 26.4 Å². The maximum Gasteiger partial charge on any atom is 0.160 e. The van der Waals surface area contributed by atoms with Crippen LogP contribution in [0.2, 0.25) is 0 Å². The van der Waals surface area contributed by atoms with Gasteiger partial charge in [0, 0.05) is 73.5 Å². The molecule has 3 heterocycles. The molecule has 77 heavy (non-hydrogen) atoms. The van der Waals surface area contributed by atoms with E-state index in [0.717, 1.165) is 53.5 Å². The number of H-pyrrole nitrogens is 1. The first-order chi connectivity index (χ1) is 37.4. The third kappa shape index (κ3) is 9.05. The second-order valence-electron chi connectivity index (χ2n) is 24.0. The molecule has 1 saturated heterocycles. The zero-order chi connectivity index (χ0) is 53.3. The number of ketones is 2. The van der Waals surface area contributed by atoms with E-state index in [-0.39, 0.29) is 96.5 Å². The fourth-order valence-electron chi connectivity index (χ4n) is 17.0. The number of rotatable bonds is 15. The number of benzene rings is 3. The van der Waals surface area contributed by atoms with Crippen molar-refractivity contribution in [3.8, 4) is 23.3 Å². The molecule has 17 atom stereocenters. The minimum absolute atomic E-state index is 0.00744. The van der Waals surface area contributed by atoms with Gasteiger partial charge in [-0.05, 0) is 175 Å². The molecule has 0 unspecified atom stereocenters. The van der Waals surface area contributed by atoms with Crippen LogP contribution in [0.5, 0.6) is 11.5 Å². The minimum atomic E-state index is -1.37. The number of Topliss-reactive ketones (excluding diaryl/α,β-unsaturated/α-hetero) is 2. The van der Waals surface area contributed by atoms with E-state index < -0.39 is 29.6 Å². The van der Waals surface area contributed by atoms with Crippen molar-refractivity contribution in [3.63, 3.8) is 0 Å². The molecule has 4 fully saturated rings. The summed E-state index contributed by atoms with van der Waals surface area (Å²) in [5.41, 5.74) is 12.1. The number of aromatic amines is 1. The number of aliphatic hydroxyl groups is 4. The Kier molecular flexibility index (Phi) is 14.3. The summed E-state index contributed by atoms with van der Waals surface area (Å²) in [7, 11) is 1.49. The molecule has 13 heteroatoms. The smallest absolute Gasteiger partial charge is 0.160 e. The molecule has 3 saturated carbocycles. The monoisotopic (exact) mass is 1040 g/mol. The molecule has 4 aromatic rings. The van der Waals surface area contributed by atoms with Gasteiger partial charge in [0.2, 0.25) is 0 Å². The maximum atomic E-state index is 15.1. The SMILES string of the molecule is CCNC[C@@H]1[C@@H]2c3[nH]cc4c3[C@H]3[C@@H]5[C@H]2[C@H](CN[C@@H]5CC(=O)[C@@H]3C=C4)[C@H](CCCO)[C@H]1[C@@H]1CC[C@]2(C#C[C@H](C[C@H](O)[C@H](O)C[C@H](C3=CCNC(N)=C3)c3ccc4ccccc4c3)c3cc(O)c(OC)cc3CCC2=O)[C@H](O)C1. The van der Waals surface area contributed by atoms with E-state index >= 15 is 4.79 Å². The Morgan fingerprint density at radius 1 is 1.00 bits per heavy atom. The normalized spacial score (nSPS) is 33.9. The molecule has 1 aromatic heterocycles. The number of methoxy groups -OCH3 is 1. The van der Waals surface area contributed by atoms with Crippen LogP contribution in [-0.4, -0.2) is 106 Å². The van der Waals surface area contributed by atoms with Crippen LogP contribution >= 0.6 is 0 Å². The number of nitrogens with two attached hydrogens (primary N) is 1. The predicted molar refractivity (Wildman–Crippen MR) is 297 cm³/mol. The number of aromatic nitrogens is 1. The molecular formula is C64H77N5O8. The third-order valence-corrected chi connectivity index (χ3v) is 20.4. The first kappa shape index (κ1) is 52.0. The van der Waals surface area contributed by atoms with Crippen LogP contribution in [0.1, 0.15) is 122 Å². The van der Waals surface area contributed by atoms with Gasteiger partial charge in [0.05, 0.1) is 31.2 Å². The number of carbonyl (C=O) groups excluding carboxylic acids is 2. The van der Waals surface area contributed by atoms with Crippen LogP contribution in [0.15, 0.2) is 90.4 Å². The molecule has 13 nitrogen and oxygen atoms in total. The van der Waals surface area contributed by atoms with Gasteiger partial charge in [-0.2, -0.15) is 0 Å². The summed E-state index contributed by atoms with van der Waals surface area (Å²) in [6.07, 6.45) is 11.1. The molecule has 6 aliphatic carbocycles. The van der Waals surface area contributed by atoms with Crippen molar-refractivity contribution in [1.29, 1.82) is 0 Å². The molecule has 0 radical (unpaired) electrons. The lowest BCUT2D eigenvalue weighted by atomic mass is 9.41. The molecule has 11 N–H and O–H groups in total. The number of phenolic OH excluding ortho intramolecular Hbond substituents is 1. The number of carbonyl (C=O) groups is 2. The number of nitrogens with one attached hydrogen (secondary N) is 4. The second kappa shape index (κ2) is 21.2. The lowest BCUT2D eigenvalue weighted by Crippen LogP contribution is -2.66. The number of allylic oxidation sites excluding steroid dienone is 3. The summed E-state index contributed by atoms with van der Waals surface area (Å²) < 4.78 is 5.58. The predicted octanol–water partition coefficient (Wildman–Crippen LogP) is 6.81. The van der Waals surface area contributed by atoms with Crippen molar-refractivity contribution >= 4 is 28.4 Å². The van der Waals surface area contributed by atoms with Crippen LogP contribution in [0.25, 0.3) is 16.8 Å². The van der Waals surface area contributed by atoms with Crippen molar-refractivity contribution in [2.75, 3.05) is 39.9 Å². The second-order valence-corrected chi connectivity index (χ2v) is 24.0. The Hall–Kier alpha value is -5.72. The van der Waals surface area contributed by atoms with Crippen molar-refractivity contribution in [3.05, 3.63) is 124 Å². The number of phenols is 1. The zero-order valence-corrected chi connectivity index (χ0v) is 44.5. The van der Waals surface area contributed by atoms with Crippen LogP contribution in [-0.2, 0) is 16.0 Å². The average molecular weight is 1040 g/mol. The summed E-state index contributed by atoms with van der Waals surface area (Å²) in [6, 6.07) is 17.9. The van der Waals surface area contributed by atoms with Crippen LogP contribution in [0, 0.1) is 64.6 Å².